The largest absolute Gasteiger partial charge is 0.416 e. The first-order chi connectivity index (χ1) is 11.8. The van der Waals surface area contributed by atoms with E-state index >= 15 is 0 Å². The van der Waals surface area contributed by atoms with Crippen molar-refractivity contribution in [3.8, 4) is 0 Å². The summed E-state index contributed by atoms with van der Waals surface area (Å²) in [5, 5.41) is 3.46. The van der Waals surface area contributed by atoms with Crippen LogP contribution in [0.1, 0.15) is 36.8 Å². The van der Waals surface area contributed by atoms with Crippen LogP contribution in [0.15, 0.2) is 24.3 Å². The summed E-state index contributed by atoms with van der Waals surface area (Å²) in [7, 11) is -3.76. The van der Waals surface area contributed by atoms with Crippen molar-refractivity contribution in [3.63, 3.8) is 0 Å². The third-order valence-electron chi connectivity index (χ3n) is 4.90. The molecule has 0 bridgehead atoms. The number of hydrogen-bond donors (Lipinski definition) is 1. The lowest BCUT2D eigenvalue weighted by molar-refractivity contribution is -0.138. The van der Waals surface area contributed by atoms with Gasteiger partial charge in [0.2, 0.25) is 10.0 Å². The van der Waals surface area contributed by atoms with E-state index in [9.17, 15) is 21.6 Å². The molecule has 0 radical (unpaired) electrons. The maximum Gasteiger partial charge on any atom is 0.416 e. The molecule has 1 aliphatic heterocycles. The Hall–Kier alpha value is -0.830. The first-order valence-corrected chi connectivity index (χ1v) is 10.2. The molecule has 0 aromatic heterocycles. The van der Waals surface area contributed by atoms with Gasteiger partial charge < -0.3 is 5.32 Å². The van der Waals surface area contributed by atoms with E-state index in [0.29, 0.717) is 32.0 Å². The molecule has 4 nitrogen and oxygen atoms in total. The Labute approximate surface area is 158 Å². The van der Waals surface area contributed by atoms with Crippen molar-refractivity contribution >= 4 is 22.4 Å². The Balaban J connectivity index is 0.00000243. The zero-order valence-corrected chi connectivity index (χ0v) is 16.0. The van der Waals surface area contributed by atoms with Crippen LogP contribution in [0.25, 0.3) is 0 Å². The molecule has 0 atom stereocenters. The molecule has 0 spiro atoms. The van der Waals surface area contributed by atoms with Crippen LogP contribution in [-0.2, 0) is 22.0 Å². The van der Waals surface area contributed by atoms with Crippen LogP contribution in [-0.4, -0.2) is 38.4 Å². The van der Waals surface area contributed by atoms with Crippen molar-refractivity contribution in [2.24, 2.45) is 5.92 Å². The van der Waals surface area contributed by atoms with Crippen LogP contribution in [0.5, 0.6) is 0 Å². The molecule has 26 heavy (non-hydrogen) atoms. The van der Waals surface area contributed by atoms with Crippen LogP contribution in [0.4, 0.5) is 13.2 Å². The summed E-state index contributed by atoms with van der Waals surface area (Å²) in [4.78, 5) is 0. The van der Waals surface area contributed by atoms with Crippen molar-refractivity contribution < 1.29 is 21.6 Å². The lowest BCUT2D eigenvalue weighted by Crippen LogP contribution is -2.45. The van der Waals surface area contributed by atoms with E-state index in [0.717, 1.165) is 18.5 Å². The fourth-order valence-electron chi connectivity index (χ4n) is 3.20. The lowest BCUT2D eigenvalue weighted by atomic mass is 10.1. The second-order valence-electron chi connectivity index (χ2n) is 6.94. The molecule has 1 N–H and O–H groups in total. The lowest BCUT2D eigenvalue weighted by Gasteiger charge is -2.32. The molecule has 1 heterocycles. The molecule has 3 rings (SSSR count). The summed E-state index contributed by atoms with van der Waals surface area (Å²) >= 11 is 0. The number of rotatable bonds is 6. The molecule has 1 aliphatic carbocycles. The first kappa shape index (κ1) is 21.5. The van der Waals surface area contributed by atoms with Gasteiger partial charge in [-0.25, -0.2) is 12.7 Å². The van der Waals surface area contributed by atoms with E-state index in [1.807, 2.05) is 0 Å². The number of alkyl halides is 3. The SMILES string of the molecule is Cl.O=S(=O)(Cc1ccccc1C(F)(F)F)N1CCC(NCC2CC2)CC1. The minimum Gasteiger partial charge on any atom is -0.314 e. The Bertz CT molecular complexity index is 700. The van der Waals surface area contributed by atoms with Crippen molar-refractivity contribution in [1.29, 1.82) is 0 Å². The van der Waals surface area contributed by atoms with Gasteiger partial charge in [0.05, 0.1) is 11.3 Å². The number of nitrogens with zero attached hydrogens (tertiary/aromatic N) is 1. The average Bonchev–Trinajstić information content (AvgIpc) is 3.37. The molecule has 148 valence electrons. The van der Waals surface area contributed by atoms with Crippen molar-refractivity contribution in [3.05, 3.63) is 35.4 Å². The molecular weight excluding hydrogens is 389 g/mol. The van der Waals surface area contributed by atoms with Gasteiger partial charge in [-0.15, -0.1) is 12.4 Å². The zero-order valence-electron chi connectivity index (χ0n) is 14.3. The molecule has 2 aliphatic rings. The summed E-state index contributed by atoms with van der Waals surface area (Å²) in [5.41, 5.74) is -1.07. The molecule has 1 saturated heterocycles. The highest BCUT2D eigenvalue weighted by molar-refractivity contribution is 7.88. The smallest absolute Gasteiger partial charge is 0.314 e. The Kier molecular flexibility index (Phi) is 6.98. The average molecular weight is 413 g/mol. The second-order valence-corrected chi connectivity index (χ2v) is 8.90. The predicted octanol–water partition coefficient (Wildman–Crippen LogP) is 3.42. The minimum absolute atomic E-state index is 0. The molecular formula is C17H24ClF3N2O2S. The van der Waals surface area contributed by atoms with Crippen LogP contribution >= 0.6 is 12.4 Å². The van der Waals surface area contributed by atoms with E-state index in [2.05, 4.69) is 5.32 Å². The van der Waals surface area contributed by atoms with Crippen molar-refractivity contribution in [2.45, 2.75) is 43.7 Å². The van der Waals surface area contributed by atoms with Gasteiger partial charge in [0.1, 0.15) is 0 Å². The van der Waals surface area contributed by atoms with E-state index in [1.165, 1.54) is 35.3 Å². The topological polar surface area (TPSA) is 49.4 Å². The van der Waals surface area contributed by atoms with Gasteiger partial charge in [-0.1, -0.05) is 18.2 Å². The molecule has 1 aromatic carbocycles. The standard InChI is InChI=1S/C17H23F3N2O2S.ClH/c18-17(19,20)16-4-2-1-3-14(16)12-25(23,24)22-9-7-15(8-10-22)21-11-13-5-6-13;/h1-4,13,15,21H,5-12H2;1H. The maximum absolute atomic E-state index is 13.1. The monoisotopic (exact) mass is 412 g/mol. The van der Waals surface area contributed by atoms with Gasteiger partial charge >= 0.3 is 6.18 Å². The quantitative estimate of drug-likeness (QED) is 0.778. The number of piperidine rings is 1. The van der Waals surface area contributed by atoms with E-state index in [4.69, 9.17) is 0 Å². The number of benzene rings is 1. The Morgan fingerprint density at radius 1 is 1.08 bits per heavy atom. The van der Waals surface area contributed by atoms with E-state index in [-0.39, 0.29) is 18.0 Å². The summed E-state index contributed by atoms with van der Waals surface area (Å²) in [6, 6.07) is 5.18. The highest BCUT2D eigenvalue weighted by Crippen LogP contribution is 2.33. The van der Waals surface area contributed by atoms with Gasteiger partial charge in [-0.05, 0) is 49.8 Å². The van der Waals surface area contributed by atoms with Crippen LogP contribution in [0.2, 0.25) is 0 Å². The summed E-state index contributed by atoms with van der Waals surface area (Å²) in [6.45, 7) is 1.70. The minimum atomic E-state index is -4.55. The molecule has 2 fully saturated rings. The number of hydrogen-bond acceptors (Lipinski definition) is 3. The number of halogens is 4. The third-order valence-corrected chi connectivity index (χ3v) is 6.73. The van der Waals surface area contributed by atoms with E-state index in [1.54, 1.807) is 0 Å². The fraction of sp³-hybridized carbons (Fsp3) is 0.647. The van der Waals surface area contributed by atoms with Crippen molar-refractivity contribution in [1.82, 2.24) is 9.62 Å². The van der Waals surface area contributed by atoms with Crippen LogP contribution < -0.4 is 5.32 Å². The van der Waals surface area contributed by atoms with Gasteiger partial charge in [-0.3, -0.25) is 0 Å². The summed E-state index contributed by atoms with van der Waals surface area (Å²) < 4.78 is 65.6. The third kappa shape index (κ3) is 5.58. The fourth-order valence-corrected chi connectivity index (χ4v) is 4.80. The maximum atomic E-state index is 13.1. The zero-order chi connectivity index (χ0) is 18.1. The first-order valence-electron chi connectivity index (χ1n) is 8.62. The summed E-state index contributed by atoms with van der Waals surface area (Å²) in [5.74, 6) is 0.156. The van der Waals surface area contributed by atoms with Gasteiger partial charge in [0.25, 0.3) is 0 Å². The normalized spacial score (nSPS) is 20.0. The van der Waals surface area contributed by atoms with Crippen LogP contribution in [0, 0.1) is 5.92 Å². The van der Waals surface area contributed by atoms with Gasteiger partial charge in [0, 0.05) is 19.1 Å². The highest BCUT2D eigenvalue weighted by Gasteiger charge is 2.35. The summed E-state index contributed by atoms with van der Waals surface area (Å²) in [6.07, 6.45) is -0.622. The van der Waals surface area contributed by atoms with Crippen molar-refractivity contribution in [2.75, 3.05) is 19.6 Å². The van der Waals surface area contributed by atoms with Crippen LogP contribution in [0.3, 0.4) is 0 Å². The molecule has 9 heteroatoms. The van der Waals surface area contributed by atoms with Gasteiger partial charge in [-0.2, -0.15) is 13.2 Å². The van der Waals surface area contributed by atoms with E-state index < -0.39 is 27.5 Å². The molecule has 1 saturated carbocycles. The Morgan fingerprint density at radius 2 is 1.69 bits per heavy atom. The molecule has 0 unspecified atom stereocenters. The predicted molar refractivity (Wildman–Crippen MR) is 96.6 cm³/mol. The molecule has 1 aromatic rings. The number of sulfonamides is 1. The second kappa shape index (κ2) is 8.46. The molecule has 0 amide bonds. The Morgan fingerprint density at radius 3 is 2.27 bits per heavy atom. The van der Waals surface area contributed by atoms with Gasteiger partial charge in [0.15, 0.2) is 0 Å². The highest BCUT2D eigenvalue weighted by atomic mass is 35.5. The number of nitrogens with one attached hydrogen (secondary N) is 1.